The summed E-state index contributed by atoms with van der Waals surface area (Å²) in [5, 5.41) is 18.4. The van der Waals surface area contributed by atoms with Crippen LogP contribution in [0.3, 0.4) is 0 Å². The molecule has 14 nitrogen and oxygen atoms in total. The quantitative estimate of drug-likeness (QED) is 0.0483. The Hall–Kier alpha value is -5.87. The van der Waals surface area contributed by atoms with E-state index in [0.29, 0.717) is 22.1 Å². The molecule has 1 atom stereocenters. The van der Waals surface area contributed by atoms with Gasteiger partial charge in [0.05, 0.1) is 24.5 Å². The predicted octanol–water partition coefficient (Wildman–Crippen LogP) is 3.75. The lowest BCUT2D eigenvalue weighted by molar-refractivity contribution is -0.151. The Labute approximate surface area is 310 Å². The van der Waals surface area contributed by atoms with Gasteiger partial charge in [0.25, 0.3) is 11.7 Å². The Morgan fingerprint density at radius 1 is 1.06 bits per heavy atom. The SMILES string of the molecule is CCOC(=O)C(=O)C=C(O)c1cccc(CNC(=O)C(C)NC(=O)CNS(=O)(=O)Cc2cc3oc(-c4ccc(F)cc4)c(C(=O)NC)c3cc2C2CC2)c1. The Balaban J connectivity index is 1.20. The first-order valence-electron chi connectivity index (χ1n) is 17.0. The van der Waals surface area contributed by atoms with E-state index in [2.05, 4.69) is 25.4 Å². The van der Waals surface area contributed by atoms with Crippen molar-refractivity contribution in [3.8, 4) is 11.3 Å². The molecule has 1 unspecified atom stereocenters. The van der Waals surface area contributed by atoms with Gasteiger partial charge in [-0.05, 0) is 91.8 Å². The van der Waals surface area contributed by atoms with Crippen molar-refractivity contribution in [1.82, 2.24) is 20.7 Å². The van der Waals surface area contributed by atoms with Crippen LogP contribution in [0.2, 0.25) is 0 Å². The van der Waals surface area contributed by atoms with Crippen molar-refractivity contribution in [3.05, 3.63) is 100 Å². The minimum absolute atomic E-state index is 0.00134. The minimum Gasteiger partial charge on any atom is -0.507 e. The lowest BCUT2D eigenvalue weighted by Crippen LogP contribution is -2.47. The van der Waals surface area contributed by atoms with Gasteiger partial charge in [0.2, 0.25) is 21.8 Å². The Kier molecular flexibility index (Phi) is 12.3. The van der Waals surface area contributed by atoms with Crippen molar-refractivity contribution < 1.29 is 51.0 Å². The number of hydrogen-bond donors (Lipinski definition) is 5. The molecule has 0 spiro atoms. The summed E-state index contributed by atoms with van der Waals surface area (Å²) in [4.78, 5) is 61.8. The van der Waals surface area contributed by atoms with Crippen LogP contribution in [0.4, 0.5) is 4.39 Å². The Morgan fingerprint density at radius 3 is 2.44 bits per heavy atom. The molecule has 0 saturated heterocycles. The summed E-state index contributed by atoms with van der Waals surface area (Å²) in [6, 6.07) is 14.0. The first-order valence-corrected chi connectivity index (χ1v) is 18.7. The van der Waals surface area contributed by atoms with Crippen molar-refractivity contribution >= 4 is 56.2 Å². The number of esters is 1. The van der Waals surface area contributed by atoms with Crippen LogP contribution in [-0.2, 0) is 46.2 Å². The van der Waals surface area contributed by atoms with Gasteiger partial charge in [0.1, 0.15) is 29.0 Å². The second kappa shape index (κ2) is 16.9. The molecule has 0 radical (unpaired) electrons. The van der Waals surface area contributed by atoms with E-state index in [1.165, 1.54) is 57.3 Å². The maximum atomic E-state index is 13.6. The van der Waals surface area contributed by atoms with Gasteiger partial charge in [0.15, 0.2) is 0 Å². The third-order valence-corrected chi connectivity index (χ3v) is 9.81. The number of hydrogen-bond acceptors (Lipinski definition) is 10. The van der Waals surface area contributed by atoms with Gasteiger partial charge in [-0.3, -0.25) is 19.2 Å². The molecule has 54 heavy (non-hydrogen) atoms. The molecule has 3 aromatic carbocycles. The number of aliphatic hydroxyl groups excluding tert-OH is 1. The van der Waals surface area contributed by atoms with E-state index < -0.39 is 69.4 Å². The lowest BCUT2D eigenvalue weighted by atomic mass is 9.98. The van der Waals surface area contributed by atoms with Crippen LogP contribution in [0.1, 0.15) is 65.2 Å². The highest BCUT2D eigenvalue weighted by Gasteiger charge is 2.31. The molecule has 16 heteroatoms. The van der Waals surface area contributed by atoms with Gasteiger partial charge >= 0.3 is 5.97 Å². The molecule has 4 aromatic rings. The average Bonchev–Trinajstić information content (AvgIpc) is 3.93. The third-order valence-electron chi connectivity index (χ3n) is 8.53. The number of ketones is 1. The monoisotopic (exact) mass is 762 g/mol. The number of rotatable bonds is 16. The van der Waals surface area contributed by atoms with E-state index in [-0.39, 0.29) is 41.5 Å². The summed E-state index contributed by atoms with van der Waals surface area (Å²) in [5.41, 5.74) is 2.90. The number of nitrogens with one attached hydrogen (secondary N) is 4. The zero-order valence-corrected chi connectivity index (χ0v) is 30.5. The highest BCUT2D eigenvalue weighted by Crippen LogP contribution is 2.45. The number of carbonyl (C=O) groups is 5. The number of benzene rings is 3. The minimum atomic E-state index is -4.08. The molecule has 1 fully saturated rings. The number of aliphatic hydroxyl groups is 1. The topological polar surface area (TPSA) is 210 Å². The summed E-state index contributed by atoms with van der Waals surface area (Å²) in [7, 11) is -2.61. The van der Waals surface area contributed by atoms with E-state index >= 15 is 0 Å². The summed E-state index contributed by atoms with van der Waals surface area (Å²) < 4.78 is 53.1. The van der Waals surface area contributed by atoms with E-state index in [1.54, 1.807) is 24.3 Å². The number of furan rings is 1. The zero-order valence-electron chi connectivity index (χ0n) is 29.7. The van der Waals surface area contributed by atoms with Crippen molar-refractivity contribution in [3.63, 3.8) is 0 Å². The van der Waals surface area contributed by atoms with Crippen molar-refractivity contribution in [2.24, 2.45) is 0 Å². The molecular weight excluding hydrogens is 724 g/mol. The predicted molar refractivity (Wildman–Crippen MR) is 196 cm³/mol. The van der Waals surface area contributed by atoms with E-state index in [1.807, 2.05) is 0 Å². The first-order chi connectivity index (χ1) is 25.7. The van der Waals surface area contributed by atoms with Crippen LogP contribution in [0.25, 0.3) is 28.1 Å². The highest BCUT2D eigenvalue weighted by atomic mass is 32.2. The molecule has 1 aliphatic rings. The lowest BCUT2D eigenvalue weighted by Gasteiger charge is -2.15. The smallest absolute Gasteiger partial charge is 0.379 e. The van der Waals surface area contributed by atoms with Crippen LogP contribution in [0.5, 0.6) is 0 Å². The molecule has 1 aliphatic carbocycles. The molecular formula is C38H39FN4O10S. The van der Waals surface area contributed by atoms with Crippen molar-refractivity contribution in [2.45, 2.75) is 50.9 Å². The third kappa shape index (κ3) is 9.76. The molecule has 5 rings (SSSR count). The number of sulfonamides is 1. The van der Waals surface area contributed by atoms with Gasteiger partial charge in [-0.1, -0.05) is 18.2 Å². The standard InChI is InChI=1S/C38H39FN4O10S/c1-4-52-38(49)31(45)17-30(44)25-7-5-6-22(14-25)18-41-36(47)21(2)43-33(46)19-42-54(50,51)20-26-15-32-29(16-28(26)23-8-9-23)34(37(48)40-3)35(53-32)24-10-12-27(39)13-11-24/h5-7,10-17,21,23,42,44H,4,8-9,18-20H2,1-3H3,(H,40,48)(H,41,47)(H,43,46). The molecule has 0 bridgehead atoms. The highest BCUT2D eigenvalue weighted by molar-refractivity contribution is 7.88. The maximum Gasteiger partial charge on any atom is 0.379 e. The van der Waals surface area contributed by atoms with Gasteiger partial charge < -0.3 is 30.2 Å². The molecule has 1 saturated carbocycles. The summed E-state index contributed by atoms with van der Waals surface area (Å²) in [6.45, 7) is 2.30. The summed E-state index contributed by atoms with van der Waals surface area (Å²) >= 11 is 0. The largest absolute Gasteiger partial charge is 0.507 e. The van der Waals surface area contributed by atoms with Gasteiger partial charge in [0, 0.05) is 36.2 Å². The second-order valence-electron chi connectivity index (χ2n) is 12.6. The van der Waals surface area contributed by atoms with Crippen LogP contribution in [0.15, 0.2) is 71.2 Å². The van der Waals surface area contributed by atoms with Gasteiger partial charge in [-0.2, -0.15) is 0 Å². The fourth-order valence-corrected chi connectivity index (χ4v) is 6.81. The molecule has 1 aromatic heterocycles. The average molecular weight is 763 g/mol. The number of halogens is 1. The molecule has 5 N–H and O–H groups in total. The zero-order chi connectivity index (χ0) is 39.2. The summed E-state index contributed by atoms with van der Waals surface area (Å²) in [6.07, 6.45) is 2.40. The molecule has 3 amide bonds. The molecule has 0 aliphatic heterocycles. The van der Waals surface area contributed by atoms with Gasteiger partial charge in [-0.25, -0.2) is 22.3 Å². The van der Waals surface area contributed by atoms with Crippen molar-refractivity contribution in [1.29, 1.82) is 0 Å². The Bertz CT molecular complexity index is 2250. The fraction of sp³-hybridized carbons (Fsp3) is 0.289. The van der Waals surface area contributed by atoms with Crippen LogP contribution in [-0.4, -0.2) is 69.2 Å². The fourth-order valence-electron chi connectivity index (χ4n) is 5.70. The van der Waals surface area contributed by atoms with Crippen LogP contribution >= 0.6 is 0 Å². The van der Waals surface area contributed by atoms with Crippen molar-refractivity contribution in [2.75, 3.05) is 20.2 Å². The van der Waals surface area contributed by atoms with Gasteiger partial charge in [-0.15, -0.1) is 0 Å². The van der Waals surface area contributed by atoms with Crippen LogP contribution in [0, 0.1) is 5.82 Å². The second-order valence-corrected chi connectivity index (χ2v) is 14.4. The van der Waals surface area contributed by atoms with E-state index in [4.69, 9.17) is 4.42 Å². The van der Waals surface area contributed by atoms with E-state index in [0.717, 1.165) is 24.5 Å². The summed E-state index contributed by atoms with van der Waals surface area (Å²) in [5.74, 6) is -5.02. The number of ether oxygens (including phenoxy) is 1. The number of fused-ring (bicyclic) bond motifs is 1. The van der Waals surface area contributed by atoms with Crippen LogP contribution < -0.4 is 20.7 Å². The normalized spacial score (nSPS) is 13.6. The molecule has 284 valence electrons. The number of amides is 3. The maximum absolute atomic E-state index is 13.6. The Morgan fingerprint density at radius 2 is 1.78 bits per heavy atom. The number of carbonyl (C=O) groups excluding carboxylic acids is 5. The molecule has 1 heterocycles. The van der Waals surface area contributed by atoms with E-state index in [9.17, 15) is 41.9 Å². The first kappa shape index (κ1) is 39.3.